The lowest BCUT2D eigenvalue weighted by molar-refractivity contribution is -0.123. The lowest BCUT2D eigenvalue weighted by Crippen LogP contribution is -2.51. The Balaban J connectivity index is 1.76. The number of hydrogen-bond acceptors (Lipinski definition) is 5. The first kappa shape index (κ1) is 21.9. The molecule has 0 aliphatic rings. The van der Waals surface area contributed by atoms with E-state index in [9.17, 15) is 18.8 Å². The van der Waals surface area contributed by atoms with Gasteiger partial charge in [-0.25, -0.2) is 9.37 Å². The van der Waals surface area contributed by atoms with Crippen LogP contribution in [0.1, 0.15) is 31.1 Å². The number of hydrogen-bond donors (Lipinski definition) is 3. The van der Waals surface area contributed by atoms with Crippen molar-refractivity contribution in [2.45, 2.75) is 33.4 Å². The van der Waals surface area contributed by atoms with Gasteiger partial charge in [-0.2, -0.15) is 0 Å². The lowest BCUT2D eigenvalue weighted by atomic mass is 10.0. The van der Waals surface area contributed by atoms with Gasteiger partial charge in [-0.3, -0.25) is 29.8 Å². The number of carbonyl (C=O) groups is 2. The zero-order valence-corrected chi connectivity index (χ0v) is 17.5. The van der Waals surface area contributed by atoms with Gasteiger partial charge in [-0.15, -0.1) is 0 Å². The minimum Gasteiger partial charge on any atom is -0.340 e. The van der Waals surface area contributed by atoms with Crippen LogP contribution in [0.15, 0.2) is 53.3 Å². The molecule has 0 saturated heterocycles. The smallest absolute Gasteiger partial charge is 0.262 e. The molecular weight excluding hydrogens is 401 g/mol. The molecule has 0 fully saturated rings. The first-order chi connectivity index (χ1) is 14.8. The van der Waals surface area contributed by atoms with Crippen LogP contribution >= 0.6 is 0 Å². The Morgan fingerprint density at radius 1 is 1.10 bits per heavy atom. The molecule has 162 valence electrons. The lowest BCUT2D eigenvalue weighted by Gasteiger charge is -2.22. The summed E-state index contributed by atoms with van der Waals surface area (Å²) in [5, 5.41) is 3.13. The summed E-state index contributed by atoms with van der Waals surface area (Å²) < 4.78 is 14.5. The van der Waals surface area contributed by atoms with Crippen molar-refractivity contribution in [1.82, 2.24) is 20.3 Å². The monoisotopic (exact) mass is 425 g/mol. The molecule has 0 spiro atoms. The second-order valence-corrected chi connectivity index (χ2v) is 7.32. The summed E-state index contributed by atoms with van der Waals surface area (Å²) in [4.78, 5) is 42.3. The maximum atomic E-state index is 13.1. The van der Waals surface area contributed by atoms with E-state index in [1.165, 1.54) is 28.8 Å². The van der Waals surface area contributed by atoms with E-state index in [4.69, 9.17) is 0 Å². The van der Waals surface area contributed by atoms with E-state index >= 15 is 0 Å². The van der Waals surface area contributed by atoms with E-state index in [2.05, 4.69) is 21.2 Å². The molecule has 2 amide bonds. The summed E-state index contributed by atoms with van der Waals surface area (Å²) in [5.74, 6) is -1.50. The first-order valence-electron chi connectivity index (χ1n) is 9.93. The van der Waals surface area contributed by atoms with Crippen molar-refractivity contribution >= 4 is 28.7 Å². The van der Waals surface area contributed by atoms with Crippen LogP contribution in [0.2, 0.25) is 0 Å². The summed E-state index contributed by atoms with van der Waals surface area (Å²) in [6.45, 7) is 5.71. The number of para-hydroxylation sites is 1. The average molecular weight is 425 g/mol. The maximum Gasteiger partial charge on any atom is 0.262 e. The molecule has 3 N–H and O–H groups in total. The first-order valence-corrected chi connectivity index (χ1v) is 9.93. The highest BCUT2D eigenvalue weighted by Crippen LogP contribution is 2.11. The molecule has 1 aromatic heterocycles. The van der Waals surface area contributed by atoms with Crippen LogP contribution in [0.3, 0.4) is 0 Å². The molecule has 1 heterocycles. The predicted molar refractivity (Wildman–Crippen MR) is 116 cm³/mol. The highest BCUT2D eigenvalue weighted by molar-refractivity contribution is 5.97. The molecule has 1 unspecified atom stereocenters. The summed E-state index contributed by atoms with van der Waals surface area (Å²) in [6.07, 6.45) is 0. The molecular formula is C22H24FN5O3. The zero-order chi connectivity index (χ0) is 22.5. The van der Waals surface area contributed by atoms with E-state index in [1.807, 2.05) is 0 Å². The molecule has 31 heavy (non-hydrogen) atoms. The number of aromatic nitrogens is 2. The number of amides is 2. The molecule has 9 heteroatoms. The summed E-state index contributed by atoms with van der Waals surface area (Å²) in [7, 11) is 0. The van der Waals surface area contributed by atoms with Gasteiger partial charge in [0.2, 0.25) is 5.95 Å². The molecule has 2 aromatic carbocycles. The van der Waals surface area contributed by atoms with Crippen molar-refractivity contribution in [2.24, 2.45) is 5.92 Å². The molecule has 0 bridgehead atoms. The Labute approximate surface area is 178 Å². The quantitative estimate of drug-likeness (QED) is 0.505. The SMILES string of the molecule is CCn1c(NNC(=O)C(NC(=O)c2ccc(F)cc2)C(C)C)nc2ccccc2c1=O. The van der Waals surface area contributed by atoms with Crippen molar-refractivity contribution in [1.29, 1.82) is 0 Å². The van der Waals surface area contributed by atoms with Crippen LogP contribution in [0.4, 0.5) is 10.3 Å². The van der Waals surface area contributed by atoms with E-state index in [-0.39, 0.29) is 23.0 Å². The topological polar surface area (TPSA) is 105 Å². The van der Waals surface area contributed by atoms with Crippen molar-refractivity contribution in [2.75, 3.05) is 5.43 Å². The number of carbonyl (C=O) groups excluding carboxylic acids is 2. The Kier molecular flexibility index (Phi) is 6.64. The second-order valence-electron chi connectivity index (χ2n) is 7.32. The van der Waals surface area contributed by atoms with Crippen molar-refractivity contribution in [3.8, 4) is 0 Å². The molecule has 3 rings (SSSR count). The van der Waals surface area contributed by atoms with Crippen LogP contribution in [-0.4, -0.2) is 27.4 Å². The van der Waals surface area contributed by atoms with Gasteiger partial charge in [-0.05, 0) is 49.2 Å². The summed E-state index contributed by atoms with van der Waals surface area (Å²) >= 11 is 0. The van der Waals surface area contributed by atoms with Crippen LogP contribution in [0, 0.1) is 11.7 Å². The third-order valence-corrected chi connectivity index (χ3v) is 4.82. The van der Waals surface area contributed by atoms with Crippen molar-refractivity contribution in [3.63, 3.8) is 0 Å². The Morgan fingerprint density at radius 3 is 2.42 bits per heavy atom. The third-order valence-electron chi connectivity index (χ3n) is 4.82. The van der Waals surface area contributed by atoms with E-state index in [0.29, 0.717) is 17.4 Å². The van der Waals surface area contributed by atoms with Gasteiger partial charge in [0.15, 0.2) is 0 Å². The fourth-order valence-electron chi connectivity index (χ4n) is 3.11. The van der Waals surface area contributed by atoms with Crippen LogP contribution in [-0.2, 0) is 11.3 Å². The predicted octanol–water partition coefficient (Wildman–Crippen LogP) is 2.45. The molecule has 8 nitrogen and oxygen atoms in total. The molecule has 0 radical (unpaired) electrons. The number of anilines is 1. The van der Waals surface area contributed by atoms with Crippen molar-refractivity contribution in [3.05, 3.63) is 70.3 Å². The van der Waals surface area contributed by atoms with Crippen LogP contribution in [0.25, 0.3) is 10.9 Å². The van der Waals surface area contributed by atoms with Crippen LogP contribution < -0.4 is 21.7 Å². The van der Waals surface area contributed by atoms with Gasteiger partial charge in [0.25, 0.3) is 17.4 Å². The average Bonchev–Trinajstić information content (AvgIpc) is 2.76. The number of nitrogens with zero attached hydrogens (tertiary/aromatic N) is 2. The molecule has 0 saturated carbocycles. The van der Waals surface area contributed by atoms with E-state index in [0.717, 1.165) is 0 Å². The number of halogens is 1. The summed E-state index contributed by atoms with van der Waals surface area (Å²) in [5.41, 5.74) is 5.74. The number of hydrazine groups is 1. The van der Waals surface area contributed by atoms with Crippen molar-refractivity contribution < 1.29 is 14.0 Å². The second kappa shape index (κ2) is 9.38. The number of rotatable bonds is 7. The zero-order valence-electron chi connectivity index (χ0n) is 17.5. The fraction of sp³-hybridized carbons (Fsp3) is 0.273. The minimum absolute atomic E-state index is 0.187. The van der Waals surface area contributed by atoms with Crippen LogP contribution in [0.5, 0.6) is 0 Å². The Hall–Kier alpha value is -3.75. The molecule has 0 aliphatic carbocycles. The highest BCUT2D eigenvalue weighted by atomic mass is 19.1. The Morgan fingerprint density at radius 2 is 1.77 bits per heavy atom. The van der Waals surface area contributed by atoms with Gasteiger partial charge in [0, 0.05) is 12.1 Å². The number of nitrogens with one attached hydrogen (secondary N) is 3. The standard InChI is InChI=1S/C22H24FN5O3/c1-4-28-21(31)16-7-5-6-8-17(16)24-22(28)27-26-20(30)18(13(2)3)25-19(29)14-9-11-15(23)12-10-14/h5-13,18H,4H2,1-3H3,(H,24,27)(H,25,29)(H,26,30). The number of fused-ring (bicyclic) bond motifs is 1. The van der Waals surface area contributed by atoms with Gasteiger partial charge in [-0.1, -0.05) is 26.0 Å². The fourth-order valence-corrected chi connectivity index (χ4v) is 3.11. The minimum atomic E-state index is -0.868. The third kappa shape index (κ3) is 4.88. The maximum absolute atomic E-state index is 13.1. The van der Waals surface area contributed by atoms with E-state index in [1.54, 1.807) is 45.0 Å². The largest absolute Gasteiger partial charge is 0.340 e. The van der Waals surface area contributed by atoms with Gasteiger partial charge < -0.3 is 5.32 Å². The normalized spacial score (nSPS) is 11.9. The number of benzene rings is 2. The van der Waals surface area contributed by atoms with Gasteiger partial charge in [0.05, 0.1) is 10.9 Å². The van der Waals surface area contributed by atoms with E-state index < -0.39 is 23.7 Å². The molecule has 1 atom stereocenters. The molecule has 3 aromatic rings. The molecule has 0 aliphatic heterocycles. The van der Waals surface area contributed by atoms with Gasteiger partial charge in [0.1, 0.15) is 11.9 Å². The highest BCUT2D eigenvalue weighted by Gasteiger charge is 2.25. The summed E-state index contributed by atoms with van der Waals surface area (Å²) in [6, 6.07) is 11.1. The Bertz CT molecular complexity index is 1160. The van der Waals surface area contributed by atoms with Gasteiger partial charge >= 0.3 is 0 Å².